The van der Waals surface area contributed by atoms with E-state index >= 15 is 0 Å². The monoisotopic (exact) mass is 443 g/mol. The second kappa shape index (κ2) is 9.33. The van der Waals surface area contributed by atoms with Gasteiger partial charge in [0, 0.05) is 50.4 Å². The van der Waals surface area contributed by atoms with Crippen molar-refractivity contribution in [3.63, 3.8) is 0 Å². The van der Waals surface area contributed by atoms with E-state index < -0.39 is 0 Å². The predicted octanol–water partition coefficient (Wildman–Crippen LogP) is 2.46. The van der Waals surface area contributed by atoms with Crippen molar-refractivity contribution in [2.24, 2.45) is 13.0 Å². The molecule has 0 radical (unpaired) electrons. The SMILES string of the molecule is Cn1cc(-n2ccc(=O)c(Cc3cccc(-c4ncc(NCC5CCOC5)cn4)c3)n2)cn1. The standard InChI is InChI=1S/C24H25N7O2/c1-30-15-21(14-28-30)31-7-5-23(32)22(29-31)10-17-3-2-4-19(9-17)24-26-12-20(13-27-24)25-11-18-6-8-33-16-18/h2-5,7,9,12-15,18,25H,6,8,10-11,16H2,1H3. The minimum absolute atomic E-state index is 0.0973. The van der Waals surface area contributed by atoms with E-state index in [1.807, 2.05) is 37.5 Å². The molecule has 1 aliphatic rings. The number of aryl methyl sites for hydroxylation is 1. The number of benzene rings is 1. The molecule has 0 aliphatic carbocycles. The summed E-state index contributed by atoms with van der Waals surface area (Å²) in [7, 11) is 1.84. The largest absolute Gasteiger partial charge is 0.382 e. The van der Waals surface area contributed by atoms with Gasteiger partial charge in [0.2, 0.25) is 5.43 Å². The number of nitrogens with one attached hydrogen (secondary N) is 1. The first-order chi connectivity index (χ1) is 16.1. The van der Waals surface area contributed by atoms with Gasteiger partial charge in [0.05, 0.1) is 37.1 Å². The van der Waals surface area contributed by atoms with Gasteiger partial charge < -0.3 is 10.1 Å². The van der Waals surface area contributed by atoms with E-state index in [0.29, 0.717) is 23.9 Å². The molecule has 9 nitrogen and oxygen atoms in total. The number of aromatic nitrogens is 6. The number of rotatable bonds is 7. The fourth-order valence-electron chi connectivity index (χ4n) is 3.83. The average molecular weight is 444 g/mol. The number of anilines is 1. The third-order valence-electron chi connectivity index (χ3n) is 5.66. The van der Waals surface area contributed by atoms with Crippen LogP contribution in [-0.2, 0) is 18.2 Å². The Labute approximate surface area is 191 Å². The summed E-state index contributed by atoms with van der Waals surface area (Å²) in [6.07, 6.45) is 10.3. The van der Waals surface area contributed by atoms with Gasteiger partial charge in [0.15, 0.2) is 5.82 Å². The third-order valence-corrected chi connectivity index (χ3v) is 5.66. The average Bonchev–Trinajstić information content (AvgIpc) is 3.52. The molecule has 5 rings (SSSR count). The van der Waals surface area contributed by atoms with Crippen molar-refractivity contribution in [1.82, 2.24) is 29.5 Å². The van der Waals surface area contributed by atoms with Gasteiger partial charge in [-0.25, -0.2) is 14.6 Å². The van der Waals surface area contributed by atoms with E-state index in [1.165, 1.54) is 6.07 Å². The highest BCUT2D eigenvalue weighted by atomic mass is 16.5. The van der Waals surface area contributed by atoms with Gasteiger partial charge in [-0.1, -0.05) is 18.2 Å². The topological polar surface area (TPSA) is 99.8 Å². The minimum Gasteiger partial charge on any atom is -0.382 e. The molecule has 1 fully saturated rings. The molecule has 1 aliphatic heterocycles. The molecule has 3 aromatic heterocycles. The van der Waals surface area contributed by atoms with Gasteiger partial charge in [-0.15, -0.1) is 0 Å². The third kappa shape index (κ3) is 4.98. The van der Waals surface area contributed by atoms with Crippen LogP contribution in [0.1, 0.15) is 17.7 Å². The Bertz CT molecular complexity index is 1290. The van der Waals surface area contributed by atoms with E-state index in [1.54, 1.807) is 34.2 Å². The Morgan fingerprint density at radius 1 is 1.18 bits per heavy atom. The lowest BCUT2D eigenvalue weighted by atomic mass is 10.1. The smallest absolute Gasteiger partial charge is 0.203 e. The highest BCUT2D eigenvalue weighted by molar-refractivity contribution is 5.57. The molecule has 9 heteroatoms. The molecule has 0 saturated carbocycles. The van der Waals surface area contributed by atoms with Crippen molar-refractivity contribution < 1.29 is 4.74 Å². The maximum absolute atomic E-state index is 12.4. The van der Waals surface area contributed by atoms with E-state index in [2.05, 4.69) is 25.5 Å². The van der Waals surface area contributed by atoms with E-state index in [9.17, 15) is 4.79 Å². The van der Waals surface area contributed by atoms with Crippen LogP contribution in [-0.4, -0.2) is 49.3 Å². The van der Waals surface area contributed by atoms with E-state index in [4.69, 9.17) is 4.74 Å². The Kier molecular flexibility index (Phi) is 5.95. The van der Waals surface area contributed by atoms with Crippen molar-refractivity contribution in [2.75, 3.05) is 25.1 Å². The summed E-state index contributed by atoms with van der Waals surface area (Å²) in [4.78, 5) is 21.5. The fraction of sp³-hybridized carbons (Fsp3) is 0.292. The molecule has 4 aromatic rings. The maximum Gasteiger partial charge on any atom is 0.203 e. The van der Waals surface area contributed by atoms with Gasteiger partial charge in [-0.2, -0.15) is 10.2 Å². The fourth-order valence-corrected chi connectivity index (χ4v) is 3.83. The Morgan fingerprint density at radius 3 is 2.82 bits per heavy atom. The highest BCUT2D eigenvalue weighted by Gasteiger charge is 2.15. The summed E-state index contributed by atoms with van der Waals surface area (Å²) in [5.74, 6) is 1.18. The zero-order chi connectivity index (χ0) is 22.6. The van der Waals surface area contributed by atoms with Crippen molar-refractivity contribution in [3.8, 4) is 17.1 Å². The van der Waals surface area contributed by atoms with Crippen LogP contribution in [0.3, 0.4) is 0 Å². The zero-order valence-corrected chi connectivity index (χ0v) is 18.4. The summed E-state index contributed by atoms with van der Waals surface area (Å²) >= 11 is 0. The van der Waals surface area contributed by atoms with Crippen LogP contribution in [0.15, 0.2) is 66.1 Å². The van der Waals surface area contributed by atoms with Gasteiger partial charge in [-0.05, 0) is 18.1 Å². The molecule has 1 aromatic carbocycles. The van der Waals surface area contributed by atoms with Crippen molar-refractivity contribution in [2.45, 2.75) is 12.8 Å². The molecule has 168 valence electrons. The maximum atomic E-state index is 12.4. The molecule has 4 heterocycles. The Hall–Kier alpha value is -3.85. The first kappa shape index (κ1) is 21.0. The quantitative estimate of drug-likeness (QED) is 0.468. The van der Waals surface area contributed by atoms with Gasteiger partial charge in [0.1, 0.15) is 11.4 Å². The highest BCUT2D eigenvalue weighted by Crippen LogP contribution is 2.19. The van der Waals surface area contributed by atoms with Crippen molar-refractivity contribution in [1.29, 1.82) is 0 Å². The predicted molar refractivity (Wildman–Crippen MR) is 124 cm³/mol. The van der Waals surface area contributed by atoms with Crippen LogP contribution in [0.2, 0.25) is 0 Å². The Morgan fingerprint density at radius 2 is 2.06 bits per heavy atom. The van der Waals surface area contributed by atoms with Crippen molar-refractivity contribution >= 4 is 5.69 Å². The van der Waals surface area contributed by atoms with Crippen LogP contribution in [0.25, 0.3) is 17.1 Å². The zero-order valence-electron chi connectivity index (χ0n) is 18.4. The van der Waals surface area contributed by atoms with Crippen molar-refractivity contribution in [3.05, 3.63) is 82.8 Å². The summed E-state index contributed by atoms with van der Waals surface area (Å²) in [6, 6.07) is 9.43. The van der Waals surface area contributed by atoms with Crippen LogP contribution >= 0.6 is 0 Å². The molecular formula is C24H25N7O2. The molecule has 1 N–H and O–H groups in total. The molecule has 0 amide bonds. The lowest BCUT2D eigenvalue weighted by Crippen LogP contribution is -2.16. The second-order valence-corrected chi connectivity index (χ2v) is 8.23. The minimum atomic E-state index is -0.0973. The molecule has 1 atom stereocenters. The molecule has 1 unspecified atom stereocenters. The summed E-state index contributed by atoms with van der Waals surface area (Å²) in [5.41, 5.74) is 3.93. The number of hydrogen-bond acceptors (Lipinski definition) is 7. The summed E-state index contributed by atoms with van der Waals surface area (Å²) in [5, 5.41) is 12.1. The second-order valence-electron chi connectivity index (χ2n) is 8.23. The first-order valence-corrected chi connectivity index (χ1v) is 10.9. The van der Waals surface area contributed by atoms with Gasteiger partial charge in [-0.3, -0.25) is 9.48 Å². The molecular weight excluding hydrogens is 418 g/mol. The number of hydrogen-bond donors (Lipinski definition) is 1. The summed E-state index contributed by atoms with van der Waals surface area (Å²) in [6.45, 7) is 2.51. The molecule has 0 bridgehead atoms. The number of ether oxygens (including phenoxy) is 1. The Balaban J connectivity index is 1.31. The van der Waals surface area contributed by atoms with Crippen LogP contribution in [0, 0.1) is 5.92 Å². The lowest BCUT2D eigenvalue weighted by molar-refractivity contribution is 0.187. The molecule has 0 spiro atoms. The van der Waals surface area contributed by atoms with Gasteiger partial charge >= 0.3 is 0 Å². The van der Waals surface area contributed by atoms with Crippen LogP contribution in [0.5, 0.6) is 0 Å². The summed E-state index contributed by atoms with van der Waals surface area (Å²) < 4.78 is 8.78. The van der Waals surface area contributed by atoms with Gasteiger partial charge in [0.25, 0.3) is 0 Å². The van der Waals surface area contributed by atoms with E-state index in [-0.39, 0.29) is 5.43 Å². The lowest BCUT2D eigenvalue weighted by Gasteiger charge is -2.10. The van der Waals surface area contributed by atoms with Crippen LogP contribution < -0.4 is 10.7 Å². The van der Waals surface area contributed by atoms with E-state index in [0.717, 1.165) is 48.7 Å². The molecule has 1 saturated heterocycles. The number of nitrogens with zero attached hydrogens (tertiary/aromatic N) is 6. The first-order valence-electron chi connectivity index (χ1n) is 10.9. The molecule has 33 heavy (non-hydrogen) atoms. The normalized spacial score (nSPS) is 15.6. The van der Waals surface area contributed by atoms with Crippen LogP contribution in [0.4, 0.5) is 5.69 Å².